The molecule has 0 aliphatic rings. The quantitative estimate of drug-likeness (QED) is 0.882. The molecule has 1 aromatic carbocycles. The molecule has 1 aromatic heterocycles. The number of amides is 1. The molecule has 0 unspecified atom stereocenters. The number of carbonyl (C=O) groups excluding carboxylic acids is 1. The maximum Gasteiger partial charge on any atom is 0.358 e. The number of halogens is 2. The van der Waals surface area contributed by atoms with Gasteiger partial charge in [-0.1, -0.05) is 27.5 Å². The van der Waals surface area contributed by atoms with Crippen LogP contribution in [0.2, 0.25) is 5.02 Å². The van der Waals surface area contributed by atoms with E-state index in [0.29, 0.717) is 9.50 Å². The van der Waals surface area contributed by atoms with Gasteiger partial charge in [0.15, 0.2) is 11.5 Å². The number of nitrogens with one attached hydrogen (secondary N) is 1. The summed E-state index contributed by atoms with van der Waals surface area (Å²) in [5.74, 6) is -1.93. The second kappa shape index (κ2) is 5.98. The minimum Gasteiger partial charge on any atom is -0.476 e. The van der Waals surface area contributed by atoms with Crippen LogP contribution >= 0.6 is 27.5 Å². The highest BCUT2D eigenvalue weighted by atomic mass is 79.9. The molecule has 0 radical (unpaired) electrons. The first kappa shape index (κ1) is 14.4. The molecular weight excluding hydrogens is 350 g/mol. The Morgan fingerprint density at radius 1 is 1.20 bits per heavy atom. The van der Waals surface area contributed by atoms with Crippen LogP contribution in [0.1, 0.15) is 20.8 Å². The first-order valence-electron chi connectivity index (χ1n) is 5.29. The first-order valence-corrected chi connectivity index (χ1v) is 6.46. The average Bonchev–Trinajstić information content (AvgIpc) is 2.37. The minimum atomic E-state index is -1.28. The van der Waals surface area contributed by atoms with Crippen LogP contribution in [0.5, 0.6) is 0 Å². The molecule has 102 valence electrons. The van der Waals surface area contributed by atoms with Gasteiger partial charge in [0.05, 0.1) is 0 Å². The molecule has 0 saturated heterocycles. The van der Waals surface area contributed by atoms with Crippen LogP contribution < -0.4 is 5.32 Å². The molecule has 0 aliphatic carbocycles. The second-order valence-corrected chi connectivity index (χ2v) is 5.02. The number of nitrogens with zero attached hydrogens (tertiary/aromatic N) is 2. The van der Waals surface area contributed by atoms with E-state index in [4.69, 9.17) is 16.7 Å². The van der Waals surface area contributed by atoms with Crippen molar-refractivity contribution in [2.24, 2.45) is 0 Å². The molecule has 2 aromatic rings. The first-order chi connectivity index (χ1) is 9.47. The van der Waals surface area contributed by atoms with E-state index in [1.54, 1.807) is 12.1 Å². The topological polar surface area (TPSA) is 92.2 Å². The molecular formula is C12H7BrClN3O3. The summed E-state index contributed by atoms with van der Waals surface area (Å²) in [6.07, 6.45) is 2.52. The van der Waals surface area contributed by atoms with Crippen molar-refractivity contribution < 1.29 is 14.7 Å². The van der Waals surface area contributed by atoms with Gasteiger partial charge in [-0.05, 0) is 18.2 Å². The van der Waals surface area contributed by atoms with Crippen LogP contribution in [0, 0.1) is 0 Å². The molecule has 2 rings (SSSR count). The molecule has 0 bridgehead atoms. The zero-order chi connectivity index (χ0) is 14.7. The molecule has 2 N–H and O–H groups in total. The Hall–Kier alpha value is -1.99. The van der Waals surface area contributed by atoms with Crippen molar-refractivity contribution in [3.8, 4) is 0 Å². The van der Waals surface area contributed by atoms with Crippen LogP contribution in [0.4, 0.5) is 5.82 Å². The predicted molar refractivity (Wildman–Crippen MR) is 76.1 cm³/mol. The SMILES string of the molecule is O=C(Nc1nccnc1C(=O)O)c1cc(Cl)cc(Br)c1. The van der Waals surface area contributed by atoms with E-state index in [2.05, 4.69) is 31.2 Å². The van der Waals surface area contributed by atoms with Gasteiger partial charge in [-0.2, -0.15) is 0 Å². The Balaban J connectivity index is 2.30. The molecule has 0 aliphatic heterocycles. The Kier molecular flexibility index (Phi) is 4.31. The third-order valence-corrected chi connectivity index (χ3v) is 2.93. The number of rotatable bonds is 3. The lowest BCUT2D eigenvalue weighted by Gasteiger charge is -2.07. The second-order valence-electron chi connectivity index (χ2n) is 3.67. The fourth-order valence-corrected chi connectivity index (χ4v) is 2.31. The number of carboxylic acid groups (broad SMARTS) is 1. The van der Waals surface area contributed by atoms with Gasteiger partial charge >= 0.3 is 5.97 Å². The zero-order valence-corrected chi connectivity index (χ0v) is 12.1. The third kappa shape index (κ3) is 3.31. The fourth-order valence-electron chi connectivity index (χ4n) is 1.45. The van der Waals surface area contributed by atoms with Gasteiger partial charge in [0.2, 0.25) is 0 Å². The number of carboxylic acids is 1. The third-order valence-electron chi connectivity index (χ3n) is 2.26. The van der Waals surface area contributed by atoms with E-state index in [1.165, 1.54) is 18.5 Å². The van der Waals surface area contributed by atoms with Gasteiger partial charge in [-0.25, -0.2) is 14.8 Å². The number of benzene rings is 1. The maximum atomic E-state index is 12.0. The summed E-state index contributed by atoms with van der Waals surface area (Å²) in [5.41, 5.74) is -0.0617. The predicted octanol–water partition coefficient (Wildman–Crippen LogP) is 2.84. The Morgan fingerprint density at radius 3 is 2.55 bits per heavy atom. The Labute approximate surface area is 126 Å². The highest BCUT2D eigenvalue weighted by molar-refractivity contribution is 9.10. The molecule has 0 saturated carbocycles. The lowest BCUT2D eigenvalue weighted by molar-refractivity contribution is 0.0691. The van der Waals surface area contributed by atoms with Gasteiger partial charge in [-0.3, -0.25) is 4.79 Å². The van der Waals surface area contributed by atoms with Crippen LogP contribution in [-0.4, -0.2) is 27.0 Å². The molecule has 1 heterocycles. The van der Waals surface area contributed by atoms with Crippen molar-refractivity contribution in [2.45, 2.75) is 0 Å². The molecule has 8 heteroatoms. The van der Waals surface area contributed by atoms with Crippen molar-refractivity contribution in [3.63, 3.8) is 0 Å². The van der Waals surface area contributed by atoms with Gasteiger partial charge < -0.3 is 10.4 Å². The highest BCUT2D eigenvalue weighted by Gasteiger charge is 2.16. The van der Waals surface area contributed by atoms with Gasteiger partial charge in [0.25, 0.3) is 5.91 Å². The standard InChI is InChI=1S/C12H7BrClN3O3/c13-7-3-6(4-8(14)5-7)11(18)17-10-9(12(19)20)15-1-2-16-10/h1-5H,(H,19,20)(H,16,17,18). The van der Waals surface area contributed by atoms with Crippen molar-refractivity contribution >= 4 is 45.2 Å². The monoisotopic (exact) mass is 355 g/mol. The largest absolute Gasteiger partial charge is 0.476 e. The molecule has 6 nitrogen and oxygen atoms in total. The van der Waals surface area contributed by atoms with Crippen LogP contribution in [0.25, 0.3) is 0 Å². The lowest BCUT2D eigenvalue weighted by Crippen LogP contribution is -2.17. The van der Waals surface area contributed by atoms with E-state index in [1.807, 2.05) is 0 Å². The van der Waals surface area contributed by atoms with Gasteiger partial charge in [0.1, 0.15) is 0 Å². The van der Waals surface area contributed by atoms with Crippen LogP contribution in [0.3, 0.4) is 0 Å². The summed E-state index contributed by atoms with van der Waals surface area (Å²) in [6, 6.07) is 4.64. The van der Waals surface area contributed by atoms with Crippen molar-refractivity contribution in [1.29, 1.82) is 0 Å². The summed E-state index contributed by atoms with van der Waals surface area (Å²) in [6.45, 7) is 0. The number of aromatic carboxylic acids is 1. The summed E-state index contributed by atoms with van der Waals surface area (Å²) in [4.78, 5) is 30.4. The smallest absolute Gasteiger partial charge is 0.358 e. The summed E-state index contributed by atoms with van der Waals surface area (Å²) in [5, 5.41) is 11.7. The minimum absolute atomic E-state index is 0.124. The maximum absolute atomic E-state index is 12.0. The van der Waals surface area contributed by atoms with Crippen molar-refractivity contribution in [2.75, 3.05) is 5.32 Å². The zero-order valence-electron chi connectivity index (χ0n) is 9.80. The summed E-state index contributed by atoms with van der Waals surface area (Å²) in [7, 11) is 0. The number of hydrogen-bond donors (Lipinski definition) is 2. The highest BCUT2D eigenvalue weighted by Crippen LogP contribution is 2.20. The van der Waals surface area contributed by atoms with Crippen LogP contribution in [-0.2, 0) is 0 Å². The molecule has 0 spiro atoms. The summed E-state index contributed by atoms with van der Waals surface area (Å²) >= 11 is 9.06. The Bertz CT molecular complexity index is 673. The van der Waals surface area contributed by atoms with Gasteiger partial charge in [0, 0.05) is 27.5 Å². The lowest BCUT2D eigenvalue weighted by atomic mass is 10.2. The average molecular weight is 357 g/mol. The van der Waals surface area contributed by atoms with E-state index in [-0.39, 0.29) is 17.1 Å². The fraction of sp³-hybridized carbons (Fsp3) is 0. The molecule has 1 amide bonds. The molecule has 20 heavy (non-hydrogen) atoms. The van der Waals surface area contributed by atoms with E-state index >= 15 is 0 Å². The van der Waals surface area contributed by atoms with Crippen molar-refractivity contribution in [3.05, 3.63) is 51.3 Å². The number of hydrogen-bond acceptors (Lipinski definition) is 4. The number of anilines is 1. The molecule has 0 atom stereocenters. The van der Waals surface area contributed by atoms with Crippen LogP contribution in [0.15, 0.2) is 35.1 Å². The van der Waals surface area contributed by atoms with E-state index in [9.17, 15) is 9.59 Å². The number of aromatic nitrogens is 2. The number of carbonyl (C=O) groups is 2. The van der Waals surface area contributed by atoms with E-state index < -0.39 is 11.9 Å². The Morgan fingerprint density at radius 2 is 1.90 bits per heavy atom. The van der Waals surface area contributed by atoms with E-state index in [0.717, 1.165) is 0 Å². The molecule has 0 fully saturated rings. The van der Waals surface area contributed by atoms with Crippen molar-refractivity contribution in [1.82, 2.24) is 9.97 Å². The van der Waals surface area contributed by atoms with Gasteiger partial charge in [-0.15, -0.1) is 0 Å². The summed E-state index contributed by atoms with van der Waals surface area (Å²) < 4.78 is 0.632. The normalized spacial score (nSPS) is 10.1.